The summed E-state index contributed by atoms with van der Waals surface area (Å²) < 4.78 is 27.5. The molecule has 0 saturated heterocycles. The third-order valence-corrected chi connectivity index (χ3v) is 6.28. The lowest BCUT2D eigenvalue weighted by Crippen LogP contribution is -2.05. The van der Waals surface area contributed by atoms with Crippen molar-refractivity contribution in [1.82, 2.24) is 0 Å². The van der Waals surface area contributed by atoms with E-state index < -0.39 is 23.6 Å². The van der Waals surface area contributed by atoms with Gasteiger partial charge in [-0.2, -0.15) is 0 Å². The molecule has 0 radical (unpaired) electrons. The number of benzene rings is 4. The van der Waals surface area contributed by atoms with E-state index in [2.05, 4.69) is 10.6 Å². The molecule has 4 aromatic carbocycles. The molecule has 6 nitrogen and oxygen atoms in total. The van der Waals surface area contributed by atoms with E-state index in [9.17, 15) is 18.4 Å². The summed E-state index contributed by atoms with van der Waals surface area (Å²) in [5.41, 5.74) is 4.39. The minimum Gasteiger partial charge on any atom is -0.481 e. The zero-order valence-corrected chi connectivity index (χ0v) is 23.1. The molecule has 0 saturated carbocycles. The summed E-state index contributed by atoms with van der Waals surface area (Å²) in [5.74, 6) is -2.87. The first kappa shape index (κ1) is 30.4. The van der Waals surface area contributed by atoms with Crippen LogP contribution in [0.5, 0.6) is 0 Å². The molecule has 0 aliphatic carbocycles. The van der Waals surface area contributed by atoms with Gasteiger partial charge in [-0.3, -0.25) is 9.59 Å². The number of hydrogen-bond donors (Lipinski definition) is 4. The van der Waals surface area contributed by atoms with Gasteiger partial charge >= 0.3 is 11.9 Å². The van der Waals surface area contributed by atoms with Crippen molar-refractivity contribution in [3.63, 3.8) is 0 Å². The number of anilines is 4. The molecule has 4 aromatic rings. The second-order valence-electron chi connectivity index (χ2n) is 8.91. The van der Waals surface area contributed by atoms with Gasteiger partial charge in [0.25, 0.3) is 0 Å². The fourth-order valence-corrected chi connectivity index (χ4v) is 4.23. The number of nitrogens with one attached hydrogen (secondary N) is 2. The van der Waals surface area contributed by atoms with Crippen molar-refractivity contribution >= 4 is 57.9 Å². The van der Waals surface area contributed by atoms with Crippen LogP contribution in [0.25, 0.3) is 0 Å². The van der Waals surface area contributed by atoms with Crippen molar-refractivity contribution in [2.75, 3.05) is 10.6 Å². The van der Waals surface area contributed by atoms with Crippen molar-refractivity contribution in [3.05, 3.63) is 117 Å². The number of hydrogen-bond acceptors (Lipinski definition) is 4. The second kappa shape index (κ2) is 13.8. The van der Waals surface area contributed by atoms with Gasteiger partial charge in [-0.25, -0.2) is 8.78 Å². The molecule has 0 heterocycles. The Hall–Kier alpha value is -4.14. The quantitative estimate of drug-likeness (QED) is 0.166. The maximum atomic E-state index is 13.7. The molecule has 0 atom stereocenters. The van der Waals surface area contributed by atoms with E-state index in [4.69, 9.17) is 33.4 Å². The van der Waals surface area contributed by atoms with Crippen molar-refractivity contribution < 1.29 is 28.6 Å². The van der Waals surface area contributed by atoms with Crippen molar-refractivity contribution in [2.45, 2.75) is 26.7 Å². The average molecular weight is 587 g/mol. The highest BCUT2D eigenvalue weighted by molar-refractivity contribution is 6.33. The number of carboxylic acids is 2. The summed E-state index contributed by atoms with van der Waals surface area (Å²) >= 11 is 11.9. The first-order valence-electron chi connectivity index (χ1n) is 12.0. The molecule has 0 unspecified atom stereocenters. The third-order valence-electron chi connectivity index (χ3n) is 5.65. The topological polar surface area (TPSA) is 98.7 Å². The summed E-state index contributed by atoms with van der Waals surface area (Å²) in [6.45, 7) is 3.73. The average Bonchev–Trinajstić information content (AvgIpc) is 2.86. The van der Waals surface area contributed by atoms with Crippen LogP contribution in [0.15, 0.2) is 72.8 Å². The van der Waals surface area contributed by atoms with Crippen molar-refractivity contribution in [2.24, 2.45) is 0 Å². The summed E-state index contributed by atoms with van der Waals surface area (Å²) in [6, 6.07) is 19.3. The van der Waals surface area contributed by atoms with Gasteiger partial charge < -0.3 is 20.8 Å². The van der Waals surface area contributed by atoms with E-state index in [0.717, 1.165) is 11.1 Å². The number of aryl methyl sites for hydroxylation is 2. The molecular weight excluding hydrogens is 561 g/mol. The summed E-state index contributed by atoms with van der Waals surface area (Å²) in [5, 5.41) is 24.1. The molecule has 0 aromatic heterocycles. The third kappa shape index (κ3) is 8.43. The van der Waals surface area contributed by atoms with Gasteiger partial charge in [-0.05, 0) is 61.4 Å². The van der Waals surface area contributed by atoms with E-state index in [1.54, 1.807) is 36.4 Å². The molecule has 10 heteroatoms. The Balaban J connectivity index is 0.000000220. The summed E-state index contributed by atoms with van der Waals surface area (Å²) in [7, 11) is 0. The standard InChI is InChI=1S/2C15H13ClFNO2/c2*1-9-5-6-13(10(7-9)8-14(19)20)18-15-11(16)3-2-4-12(15)17/h2*2-7,18H,8H2,1H3,(H,19,20). The van der Waals surface area contributed by atoms with Crippen molar-refractivity contribution in [3.8, 4) is 0 Å². The van der Waals surface area contributed by atoms with Crippen LogP contribution in [-0.4, -0.2) is 22.2 Å². The number of carboxylic acid groups (broad SMARTS) is 2. The summed E-state index contributed by atoms with van der Waals surface area (Å²) in [6.07, 6.45) is -0.286. The van der Waals surface area contributed by atoms with Gasteiger partial charge in [-0.15, -0.1) is 0 Å². The Morgan fingerprint density at radius 1 is 0.675 bits per heavy atom. The molecular formula is C30H26Cl2F2N2O4. The lowest BCUT2D eigenvalue weighted by atomic mass is 10.1. The molecule has 208 valence electrons. The molecule has 0 aliphatic rings. The Morgan fingerprint density at radius 2 is 1.05 bits per heavy atom. The molecule has 4 N–H and O–H groups in total. The van der Waals surface area contributed by atoms with E-state index in [0.29, 0.717) is 22.5 Å². The van der Waals surface area contributed by atoms with Crippen LogP contribution in [-0.2, 0) is 22.4 Å². The number of rotatable bonds is 8. The highest BCUT2D eigenvalue weighted by atomic mass is 35.5. The Bertz CT molecular complexity index is 1390. The van der Waals surface area contributed by atoms with Gasteiger partial charge in [0.1, 0.15) is 11.6 Å². The number of para-hydroxylation sites is 2. The molecule has 0 amide bonds. The Kier molecular flexibility index (Phi) is 10.5. The highest BCUT2D eigenvalue weighted by Crippen LogP contribution is 2.31. The minimum absolute atomic E-state index is 0.143. The van der Waals surface area contributed by atoms with E-state index >= 15 is 0 Å². The SMILES string of the molecule is Cc1ccc(Nc2c(F)cccc2Cl)c(CC(=O)O)c1.Cc1ccc(Nc2c(F)cccc2Cl)c(CC(=O)O)c1. The molecule has 0 aliphatic heterocycles. The number of aliphatic carboxylic acids is 2. The van der Waals surface area contributed by atoms with E-state index in [1.165, 1.54) is 24.3 Å². The van der Waals surface area contributed by atoms with E-state index in [1.807, 2.05) is 26.0 Å². The Morgan fingerprint density at radius 3 is 1.38 bits per heavy atom. The fraction of sp³-hybridized carbons (Fsp3) is 0.133. The largest absolute Gasteiger partial charge is 0.481 e. The van der Waals surface area contributed by atoms with Gasteiger partial charge in [0.15, 0.2) is 0 Å². The predicted molar refractivity (Wildman–Crippen MR) is 154 cm³/mol. The highest BCUT2D eigenvalue weighted by Gasteiger charge is 2.13. The monoisotopic (exact) mass is 586 g/mol. The lowest BCUT2D eigenvalue weighted by Gasteiger charge is -2.13. The summed E-state index contributed by atoms with van der Waals surface area (Å²) in [4.78, 5) is 21.8. The predicted octanol–water partition coefficient (Wildman–Crippen LogP) is 8.32. The second-order valence-corrected chi connectivity index (χ2v) is 9.72. The van der Waals surface area contributed by atoms with Crippen LogP contribution in [0.3, 0.4) is 0 Å². The molecule has 0 fully saturated rings. The molecule has 0 spiro atoms. The molecule has 4 rings (SSSR count). The van der Waals surface area contributed by atoms with Crippen LogP contribution in [0, 0.1) is 25.5 Å². The first-order chi connectivity index (χ1) is 18.9. The maximum Gasteiger partial charge on any atom is 0.307 e. The van der Waals surface area contributed by atoms with Crippen LogP contribution in [0.1, 0.15) is 22.3 Å². The maximum absolute atomic E-state index is 13.7. The Labute approximate surface area is 240 Å². The van der Waals surface area contributed by atoms with Crippen LogP contribution >= 0.6 is 23.2 Å². The van der Waals surface area contributed by atoms with Crippen LogP contribution in [0.2, 0.25) is 10.0 Å². The van der Waals surface area contributed by atoms with Gasteiger partial charge in [-0.1, -0.05) is 70.7 Å². The minimum atomic E-state index is -0.946. The first-order valence-corrected chi connectivity index (χ1v) is 12.7. The number of halogens is 4. The van der Waals surface area contributed by atoms with Crippen LogP contribution < -0.4 is 10.6 Å². The van der Waals surface area contributed by atoms with Gasteiger partial charge in [0, 0.05) is 11.4 Å². The molecule has 0 bridgehead atoms. The fourth-order valence-electron chi connectivity index (χ4n) is 3.81. The lowest BCUT2D eigenvalue weighted by molar-refractivity contribution is -0.137. The zero-order chi connectivity index (χ0) is 29.4. The van der Waals surface area contributed by atoms with E-state index in [-0.39, 0.29) is 34.3 Å². The normalized spacial score (nSPS) is 10.3. The van der Waals surface area contributed by atoms with Crippen molar-refractivity contribution in [1.29, 1.82) is 0 Å². The smallest absolute Gasteiger partial charge is 0.307 e. The zero-order valence-electron chi connectivity index (χ0n) is 21.6. The number of carbonyl (C=O) groups is 2. The van der Waals surface area contributed by atoms with Gasteiger partial charge in [0.05, 0.1) is 34.3 Å². The van der Waals surface area contributed by atoms with Crippen LogP contribution in [0.4, 0.5) is 31.5 Å². The van der Waals surface area contributed by atoms with Gasteiger partial charge in [0.2, 0.25) is 0 Å². The molecule has 40 heavy (non-hydrogen) atoms.